The molecule has 2 aromatic carbocycles. The molecule has 2 aromatic heterocycles. The third kappa shape index (κ3) is 5.14. The highest BCUT2D eigenvalue weighted by Crippen LogP contribution is 2.34. The molecule has 1 unspecified atom stereocenters. The van der Waals surface area contributed by atoms with E-state index in [1.807, 2.05) is 0 Å². The fraction of sp³-hybridized carbons (Fsp3) is 0.370. The van der Waals surface area contributed by atoms with Gasteiger partial charge in [-0.25, -0.2) is 15.1 Å². The highest BCUT2D eigenvalue weighted by atomic mass is 15.5. The van der Waals surface area contributed by atoms with Crippen LogP contribution in [0.1, 0.15) is 54.7 Å². The molecule has 0 saturated heterocycles. The van der Waals surface area contributed by atoms with Crippen LogP contribution in [0.5, 0.6) is 0 Å². The fourth-order valence-electron chi connectivity index (χ4n) is 4.52. The van der Waals surface area contributed by atoms with Gasteiger partial charge in [-0.2, -0.15) is 0 Å². The number of hydrogen-bond acceptors (Lipinski definition) is 6. The van der Waals surface area contributed by atoms with E-state index in [0.717, 1.165) is 72.0 Å². The lowest BCUT2D eigenvalue weighted by Gasteiger charge is -2.27. The van der Waals surface area contributed by atoms with Crippen molar-refractivity contribution in [3.8, 4) is 22.5 Å². The Bertz CT molecular complexity index is 1220. The van der Waals surface area contributed by atoms with E-state index in [1.54, 1.807) is 0 Å². The number of rotatable bonds is 8. The van der Waals surface area contributed by atoms with E-state index in [1.165, 1.54) is 24.0 Å². The molecule has 0 spiro atoms. The summed E-state index contributed by atoms with van der Waals surface area (Å²) in [6.45, 7) is 4.22. The van der Waals surface area contributed by atoms with Crippen molar-refractivity contribution in [2.75, 3.05) is 5.32 Å². The number of hydrogen-bond donors (Lipinski definition) is 2. The second kappa shape index (κ2) is 10.1. The highest BCUT2D eigenvalue weighted by Gasteiger charge is 2.23. The third-order valence-electron chi connectivity index (χ3n) is 6.54. The second-order valence-corrected chi connectivity index (χ2v) is 9.28. The number of aromatic nitrogens is 6. The molecule has 7 nitrogen and oxygen atoms in total. The lowest BCUT2D eigenvalue weighted by atomic mass is 9.97. The van der Waals surface area contributed by atoms with E-state index in [0.29, 0.717) is 6.04 Å². The van der Waals surface area contributed by atoms with E-state index in [2.05, 4.69) is 88.3 Å². The number of aryl methyl sites for hydroxylation is 4. The summed E-state index contributed by atoms with van der Waals surface area (Å²) in [7, 11) is 0. The van der Waals surface area contributed by atoms with Gasteiger partial charge in [-0.05, 0) is 50.0 Å². The van der Waals surface area contributed by atoms with Crippen LogP contribution in [0, 0.1) is 13.8 Å². The molecule has 0 radical (unpaired) electrons. The molecule has 1 aliphatic heterocycles. The molecule has 0 fully saturated rings. The largest absolute Gasteiger partial charge is 0.366 e. The van der Waals surface area contributed by atoms with Crippen LogP contribution in [-0.2, 0) is 12.8 Å². The summed E-state index contributed by atoms with van der Waals surface area (Å²) in [4.78, 5) is 10.3. The molecular formula is C27H31N7. The molecule has 34 heavy (non-hydrogen) atoms. The van der Waals surface area contributed by atoms with Gasteiger partial charge in [0.05, 0.1) is 17.1 Å². The van der Waals surface area contributed by atoms with Crippen molar-refractivity contribution >= 4 is 5.82 Å². The summed E-state index contributed by atoms with van der Waals surface area (Å²) in [6, 6.07) is 17.6. The zero-order chi connectivity index (χ0) is 23.3. The lowest BCUT2D eigenvalue weighted by Crippen LogP contribution is -2.27. The number of nitrogens with zero attached hydrogens (tertiary/aromatic N) is 5. The number of fused-ring (bicyclic) bond motifs is 1. The predicted molar refractivity (Wildman–Crippen MR) is 134 cm³/mol. The predicted octanol–water partition coefficient (Wildman–Crippen LogP) is 5.47. The molecule has 7 heteroatoms. The van der Waals surface area contributed by atoms with E-state index in [4.69, 9.17) is 9.97 Å². The Morgan fingerprint density at radius 2 is 1.50 bits per heavy atom. The first kappa shape index (κ1) is 22.2. The average molecular weight is 454 g/mol. The van der Waals surface area contributed by atoms with Gasteiger partial charge < -0.3 is 5.32 Å². The third-order valence-corrected chi connectivity index (χ3v) is 6.54. The normalized spacial score (nSPS) is 15.1. The van der Waals surface area contributed by atoms with Crippen LogP contribution < -0.4 is 5.32 Å². The number of benzene rings is 2. The number of unbranched alkanes of at least 4 members (excludes halogenated alkanes) is 2. The minimum atomic E-state index is 0.435. The number of nitrogens with one attached hydrogen (secondary N) is 2. The van der Waals surface area contributed by atoms with Crippen LogP contribution in [-0.4, -0.2) is 36.6 Å². The Kier molecular flexibility index (Phi) is 6.60. The number of H-pyrrole nitrogens is 1. The van der Waals surface area contributed by atoms with Gasteiger partial charge in [0, 0.05) is 23.6 Å². The summed E-state index contributed by atoms with van der Waals surface area (Å²) in [5.74, 6) is 1.81. The smallest absolute Gasteiger partial charge is 0.148 e. The van der Waals surface area contributed by atoms with E-state index >= 15 is 0 Å². The highest BCUT2D eigenvalue weighted by molar-refractivity contribution is 5.79. The van der Waals surface area contributed by atoms with Gasteiger partial charge in [0.1, 0.15) is 11.6 Å². The first-order valence-corrected chi connectivity index (χ1v) is 12.2. The first-order valence-electron chi connectivity index (χ1n) is 12.2. The maximum Gasteiger partial charge on any atom is 0.148 e. The molecule has 0 amide bonds. The molecule has 4 aromatic rings. The molecule has 1 atom stereocenters. The van der Waals surface area contributed by atoms with Crippen LogP contribution >= 0.6 is 0 Å². The Morgan fingerprint density at radius 1 is 0.824 bits per heavy atom. The topological polar surface area (TPSA) is 92.3 Å². The summed E-state index contributed by atoms with van der Waals surface area (Å²) in [5.41, 5.74) is 7.67. The van der Waals surface area contributed by atoms with Crippen molar-refractivity contribution in [1.82, 2.24) is 30.6 Å². The van der Waals surface area contributed by atoms with Gasteiger partial charge in [-0.3, -0.25) is 0 Å². The minimum absolute atomic E-state index is 0.435. The van der Waals surface area contributed by atoms with Crippen molar-refractivity contribution in [2.45, 2.75) is 64.8 Å². The zero-order valence-corrected chi connectivity index (χ0v) is 19.9. The Balaban J connectivity index is 1.33. The maximum absolute atomic E-state index is 5.14. The summed E-state index contributed by atoms with van der Waals surface area (Å²) in [6.07, 6.45) is 7.52. The molecule has 1 aliphatic rings. The monoisotopic (exact) mass is 453 g/mol. The van der Waals surface area contributed by atoms with Gasteiger partial charge in [0.2, 0.25) is 0 Å². The van der Waals surface area contributed by atoms with Gasteiger partial charge in [-0.15, -0.1) is 5.10 Å². The quantitative estimate of drug-likeness (QED) is 0.344. The van der Waals surface area contributed by atoms with Crippen molar-refractivity contribution < 1.29 is 0 Å². The molecular weight excluding hydrogens is 422 g/mol. The van der Waals surface area contributed by atoms with E-state index in [-0.39, 0.29) is 0 Å². The van der Waals surface area contributed by atoms with E-state index < -0.39 is 0 Å². The molecule has 0 aliphatic carbocycles. The average Bonchev–Trinajstić information content (AvgIpc) is 3.38. The first-order chi connectivity index (χ1) is 16.7. The van der Waals surface area contributed by atoms with Gasteiger partial charge >= 0.3 is 0 Å². The number of aromatic amines is 1. The second-order valence-electron chi connectivity index (χ2n) is 9.28. The van der Waals surface area contributed by atoms with Crippen molar-refractivity contribution in [2.24, 2.45) is 0 Å². The molecule has 174 valence electrons. The Labute approximate surface area is 200 Å². The SMILES string of the molecule is Cc1ccc(-c2nc3c(nc2-c2ccc(C)cc2)NC(CCCCCc2nnn[nH]2)CC3)cc1. The summed E-state index contributed by atoms with van der Waals surface area (Å²) < 4.78 is 0. The van der Waals surface area contributed by atoms with Crippen LogP contribution in [0.3, 0.4) is 0 Å². The van der Waals surface area contributed by atoms with Crippen molar-refractivity contribution in [3.63, 3.8) is 0 Å². The Morgan fingerprint density at radius 3 is 2.15 bits per heavy atom. The number of anilines is 1. The summed E-state index contributed by atoms with van der Waals surface area (Å²) in [5, 5.41) is 17.8. The maximum atomic E-state index is 5.14. The van der Waals surface area contributed by atoms with Crippen LogP contribution in [0.2, 0.25) is 0 Å². The lowest BCUT2D eigenvalue weighted by molar-refractivity contribution is 0.529. The van der Waals surface area contributed by atoms with Crippen LogP contribution in [0.4, 0.5) is 5.82 Å². The van der Waals surface area contributed by atoms with Crippen molar-refractivity contribution in [1.29, 1.82) is 0 Å². The zero-order valence-electron chi connectivity index (χ0n) is 19.9. The van der Waals surface area contributed by atoms with Crippen LogP contribution in [0.25, 0.3) is 22.5 Å². The van der Waals surface area contributed by atoms with Gasteiger partial charge in [0.15, 0.2) is 0 Å². The molecule has 0 bridgehead atoms. The van der Waals surface area contributed by atoms with Gasteiger partial charge in [0.25, 0.3) is 0 Å². The minimum Gasteiger partial charge on any atom is -0.366 e. The molecule has 0 saturated carbocycles. The van der Waals surface area contributed by atoms with Crippen LogP contribution in [0.15, 0.2) is 48.5 Å². The standard InChI is InChI=1S/C27H31N7/c1-18-8-12-20(13-9-18)25-26(21-14-10-19(2)11-15-21)30-27-23(29-25)17-16-22(28-27)6-4-3-5-7-24-31-33-34-32-24/h8-15,22H,3-7,16-17H2,1-2H3,(H,28,30)(H,31,32,33,34). The van der Waals surface area contributed by atoms with Gasteiger partial charge in [-0.1, -0.05) is 72.5 Å². The van der Waals surface area contributed by atoms with E-state index in [9.17, 15) is 0 Å². The summed E-state index contributed by atoms with van der Waals surface area (Å²) >= 11 is 0. The van der Waals surface area contributed by atoms with Crippen molar-refractivity contribution in [3.05, 3.63) is 71.2 Å². The number of tetrazole rings is 1. The fourth-order valence-corrected chi connectivity index (χ4v) is 4.52. The Hall–Kier alpha value is -3.61. The molecule has 5 rings (SSSR count). The molecule has 2 N–H and O–H groups in total. The molecule has 3 heterocycles.